The van der Waals surface area contributed by atoms with E-state index in [0.717, 1.165) is 6.42 Å². The molecule has 0 saturated carbocycles. The highest BCUT2D eigenvalue weighted by Gasteiger charge is 2.16. The molecule has 100 valence electrons. The molecule has 1 heterocycles. The molecular formula is C14H14FNO2S. The SMILES string of the molecule is CC(Cc1cccs1)Nc1c(F)cccc1C(=O)O. The number of para-hydroxylation sites is 1. The molecule has 0 aliphatic carbocycles. The summed E-state index contributed by atoms with van der Waals surface area (Å²) < 4.78 is 13.7. The minimum atomic E-state index is -1.13. The Bertz CT molecular complexity index is 569. The number of benzene rings is 1. The average molecular weight is 279 g/mol. The molecule has 2 N–H and O–H groups in total. The maximum atomic E-state index is 13.7. The number of hydrogen-bond acceptors (Lipinski definition) is 3. The Kier molecular flexibility index (Phi) is 4.16. The molecule has 0 aliphatic rings. The molecule has 3 nitrogen and oxygen atoms in total. The van der Waals surface area contributed by atoms with E-state index in [4.69, 9.17) is 5.11 Å². The molecule has 1 aromatic heterocycles. The summed E-state index contributed by atoms with van der Waals surface area (Å²) in [5.41, 5.74) is 0.0112. The van der Waals surface area contributed by atoms with Crippen LogP contribution in [0.15, 0.2) is 35.7 Å². The van der Waals surface area contributed by atoms with Gasteiger partial charge in [-0.2, -0.15) is 0 Å². The summed E-state index contributed by atoms with van der Waals surface area (Å²) in [6.45, 7) is 1.90. The molecule has 1 atom stereocenters. The molecular weight excluding hydrogens is 265 g/mol. The van der Waals surface area contributed by atoms with Crippen LogP contribution in [0.5, 0.6) is 0 Å². The van der Waals surface area contributed by atoms with Gasteiger partial charge in [-0.3, -0.25) is 0 Å². The highest BCUT2D eigenvalue weighted by molar-refractivity contribution is 7.09. The van der Waals surface area contributed by atoms with Gasteiger partial charge in [-0.05, 0) is 30.5 Å². The fourth-order valence-corrected chi connectivity index (χ4v) is 2.71. The van der Waals surface area contributed by atoms with Gasteiger partial charge in [0, 0.05) is 17.3 Å². The van der Waals surface area contributed by atoms with Crippen LogP contribution in [0.25, 0.3) is 0 Å². The zero-order valence-electron chi connectivity index (χ0n) is 10.4. The Hall–Kier alpha value is -1.88. The number of anilines is 1. The minimum Gasteiger partial charge on any atom is -0.478 e. The molecule has 0 fully saturated rings. The first-order valence-electron chi connectivity index (χ1n) is 5.88. The van der Waals surface area contributed by atoms with E-state index in [9.17, 15) is 9.18 Å². The van der Waals surface area contributed by atoms with E-state index in [-0.39, 0.29) is 17.3 Å². The van der Waals surface area contributed by atoms with Crippen molar-refractivity contribution in [1.29, 1.82) is 0 Å². The predicted molar refractivity (Wildman–Crippen MR) is 74.5 cm³/mol. The fraction of sp³-hybridized carbons (Fsp3) is 0.214. The molecule has 1 unspecified atom stereocenters. The fourth-order valence-electron chi connectivity index (χ4n) is 1.88. The number of carbonyl (C=O) groups is 1. The number of thiophene rings is 1. The molecule has 0 radical (unpaired) electrons. The standard InChI is InChI=1S/C14H14FNO2S/c1-9(8-10-4-3-7-19-10)16-13-11(14(17)18)5-2-6-12(13)15/h2-7,9,16H,8H2,1H3,(H,17,18). The van der Waals surface area contributed by atoms with Gasteiger partial charge in [0.05, 0.1) is 11.3 Å². The largest absolute Gasteiger partial charge is 0.478 e. The van der Waals surface area contributed by atoms with Gasteiger partial charge in [-0.25, -0.2) is 9.18 Å². The maximum Gasteiger partial charge on any atom is 0.337 e. The summed E-state index contributed by atoms with van der Waals surface area (Å²) in [6.07, 6.45) is 0.727. The highest BCUT2D eigenvalue weighted by atomic mass is 32.1. The van der Waals surface area contributed by atoms with Gasteiger partial charge in [-0.1, -0.05) is 12.1 Å². The molecule has 0 spiro atoms. The summed E-state index contributed by atoms with van der Waals surface area (Å²) in [5, 5.41) is 14.0. The van der Waals surface area contributed by atoms with Gasteiger partial charge in [-0.15, -0.1) is 11.3 Å². The number of nitrogens with one attached hydrogen (secondary N) is 1. The van der Waals surface area contributed by atoms with Crippen molar-refractivity contribution in [2.24, 2.45) is 0 Å². The lowest BCUT2D eigenvalue weighted by molar-refractivity contribution is 0.0697. The first kappa shape index (κ1) is 13.5. The Morgan fingerprint density at radius 3 is 2.84 bits per heavy atom. The van der Waals surface area contributed by atoms with E-state index in [0.29, 0.717) is 0 Å². The molecule has 2 rings (SSSR count). The van der Waals surface area contributed by atoms with E-state index >= 15 is 0 Å². The van der Waals surface area contributed by atoms with Crippen molar-refractivity contribution in [3.63, 3.8) is 0 Å². The molecule has 0 aliphatic heterocycles. The lowest BCUT2D eigenvalue weighted by atomic mass is 10.1. The van der Waals surface area contributed by atoms with Crippen molar-refractivity contribution in [1.82, 2.24) is 0 Å². The van der Waals surface area contributed by atoms with Crippen molar-refractivity contribution in [3.8, 4) is 0 Å². The van der Waals surface area contributed by atoms with Crippen LogP contribution < -0.4 is 5.32 Å². The van der Waals surface area contributed by atoms with Crippen LogP contribution in [0, 0.1) is 5.82 Å². The Morgan fingerprint density at radius 2 is 2.21 bits per heavy atom. The summed E-state index contributed by atoms with van der Waals surface area (Å²) in [5.74, 6) is -1.68. The van der Waals surface area contributed by atoms with Crippen LogP contribution in [0.3, 0.4) is 0 Å². The average Bonchev–Trinajstić information content (AvgIpc) is 2.84. The lowest BCUT2D eigenvalue weighted by Gasteiger charge is -2.16. The number of aromatic carboxylic acids is 1. The monoisotopic (exact) mass is 279 g/mol. The quantitative estimate of drug-likeness (QED) is 0.878. The molecule has 0 saturated heterocycles. The van der Waals surface area contributed by atoms with Crippen LogP contribution in [-0.2, 0) is 6.42 Å². The first-order chi connectivity index (χ1) is 9.08. The lowest BCUT2D eigenvalue weighted by Crippen LogP contribution is -2.20. The Morgan fingerprint density at radius 1 is 1.42 bits per heavy atom. The maximum absolute atomic E-state index is 13.7. The summed E-state index contributed by atoms with van der Waals surface area (Å²) in [7, 11) is 0. The van der Waals surface area contributed by atoms with Crippen molar-refractivity contribution >= 4 is 23.0 Å². The van der Waals surface area contributed by atoms with Crippen LogP contribution in [0.2, 0.25) is 0 Å². The van der Waals surface area contributed by atoms with Gasteiger partial charge >= 0.3 is 5.97 Å². The third-order valence-corrected chi connectivity index (χ3v) is 3.62. The number of carboxylic acid groups (broad SMARTS) is 1. The second-order valence-corrected chi connectivity index (χ2v) is 5.33. The van der Waals surface area contributed by atoms with E-state index in [1.807, 2.05) is 24.4 Å². The third-order valence-electron chi connectivity index (χ3n) is 2.72. The van der Waals surface area contributed by atoms with Crippen molar-refractivity contribution in [2.75, 3.05) is 5.32 Å². The highest BCUT2D eigenvalue weighted by Crippen LogP contribution is 2.22. The molecule has 0 bridgehead atoms. The third kappa shape index (κ3) is 3.32. The first-order valence-corrected chi connectivity index (χ1v) is 6.76. The van der Waals surface area contributed by atoms with Gasteiger partial charge in [0.15, 0.2) is 0 Å². The predicted octanol–water partition coefficient (Wildman–Crippen LogP) is 3.63. The van der Waals surface area contributed by atoms with Gasteiger partial charge in [0.25, 0.3) is 0 Å². The number of carboxylic acids is 1. The number of rotatable bonds is 5. The number of halogens is 1. The topological polar surface area (TPSA) is 49.3 Å². The van der Waals surface area contributed by atoms with Gasteiger partial charge < -0.3 is 10.4 Å². The molecule has 2 aromatic rings. The smallest absolute Gasteiger partial charge is 0.337 e. The minimum absolute atomic E-state index is 0.0435. The van der Waals surface area contributed by atoms with Gasteiger partial charge in [0.2, 0.25) is 0 Å². The van der Waals surface area contributed by atoms with E-state index in [1.165, 1.54) is 23.1 Å². The number of hydrogen-bond donors (Lipinski definition) is 2. The van der Waals surface area contributed by atoms with Crippen LogP contribution in [-0.4, -0.2) is 17.1 Å². The summed E-state index contributed by atoms with van der Waals surface area (Å²) in [4.78, 5) is 12.2. The molecule has 1 aromatic carbocycles. The Balaban J connectivity index is 2.16. The molecule has 5 heteroatoms. The summed E-state index contributed by atoms with van der Waals surface area (Å²) >= 11 is 1.63. The van der Waals surface area contributed by atoms with Gasteiger partial charge in [0.1, 0.15) is 5.82 Å². The normalized spacial score (nSPS) is 12.1. The van der Waals surface area contributed by atoms with Crippen molar-refractivity contribution in [2.45, 2.75) is 19.4 Å². The molecule has 19 heavy (non-hydrogen) atoms. The van der Waals surface area contributed by atoms with Crippen LogP contribution in [0.1, 0.15) is 22.2 Å². The second kappa shape index (κ2) is 5.84. The Labute approximate surface area is 114 Å². The van der Waals surface area contributed by atoms with Crippen molar-refractivity contribution in [3.05, 3.63) is 52.0 Å². The summed E-state index contributed by atoms with van der Waals surface area (Å²) in [6, 6.07) is 7.96. The van der Waals surface area contributed by atoms with E-state index in [2.05, 4.69) is 5.32 Å². The van der Waals surface area contributed by atoms with Crippen LogP contribution in [0.4, 0.5) is 10.1 Å². The van der Waals surface area contributed by atoms with E-state index < -0.39 is 11.8 Å². The zero-order valence-corrected chi connectivity index (χ0v) is 11.2. The zero-order chi connectivity index (χ0) is 13.8. The van der Waals surface area contributed by atoms with Crippen molar-refractivity contribution < 1.29 is 14.3 Å². The second-order valence-electron chi connectivity index (χ2n) is 4.30. The van der Waals surface area contributed by atoms with Crippen LogP contribution >= 0.6 is 11.3 Å². The molecule has 0 amide bonds. The van der Waals surface area contributed by atoms with E-state index in [1.54, 1.807) is 11.3 Å².